The van der Waals surface area contributed by atoms with E-state index in [1.807, 2.05) is 0 Å². The Morgan fingerprint density at radius 2 is 1.60 bits per heavy atom. The molecule has 0 aliphatic rings. The zero-order valence-corrected chi connectivity index (χ0v) is 7.07. The smallest absolute Gasteiger partial charge is 0.210 e. The van der Waals surface area contributed by atoms with Gasteiger partial charge in [-0.25, -0.2) is 0 Å². The van der Waals surface area contributed by atoms with Gasteiger partial charge in [0.15, 0.2) is 0 Å². The molecule has 0 radical (unpaired) electrons. The molecule has 0 aromatic heterocycles. The fourth-order valence-corrected chi connectivity index (χ4v) is 1.06. The van der Waals surface area contributed by atoms with Crippen LogP contribution in [-0.4, -0.2) is 13.1 Å². The molecule has 0 unspecified atom stereocenters. The Balaban J connectivity index is 2.69. The van der Waals surface area contributed by atoms with Gasteiger partial charge in [0.2, 0.25) is 1.43 Å². The fraction of sp³-hybridized carbons (Fsp3) is 1.00. The summed E-state index contributed by atoms with van der Waals surface area (Å²) in [6.45, 7) is 2.84. The Bertz CT molecular complexity index is 58.6. The predicted molar refractivity (Wildman–Crippen MR) is 45.1 cm³/mol. The van der Waals surface area contributed by atoms with Crippen LogP contribution in [0.15, 0.2) is 0 Å². The van der Waals surface area contributed by atoms with E-state index in [1.165, 1.54) is 38.5 Å². The number of aliphatic hydroxyl groups is 1. The summed E-state index contributed by atoms with van der Waals surface area (Å²) in [6.07, 6.45) is 9.00. The van der Waals surface area contributed by atoms with Crippen molar-refractivity contribution in [3.63, 3.8) is 0 Å². The summed E-state index contributed by atoms with van der Waals surface area (Å²) in [5.41, 5.74) is 0. The second-order valence-electron chi connectivity index (χ2n) is 2.83. The molecule has 0 fully saturated rings. The van der Waals surface area contributed by atoms with E-state index in [4.69, 9.17) is 1.43 Å². The van der Waals surface area contributed by atoms with E-state index >= 15 is 0 Å². The van der Waals surface area contributed by atoms with E-state index in [0.29, 0.717) is 6.61 Å². The molecule has 0 aromatic carbocycles. The number of rotatable bonds is 8. The van der Waals surface area contributed by atoms with Gasteiger partial charge in [-0.1, -0.05) is 45.4 Å². The molecule has 1 heteroatoms. The fourth-order valence-electron chi connectivity index (χ4n) is 1.06. The van der Waals surface area contributed by atoms with Crippen molar-refractivity contribution in [1.29, 1.82) is 1.43 Å². The van der Waals surface area contributed by atoms with Gasteiger partial charge in [0.05, 0.1) is 0 Å². The predicted octanol–water partition coefficient (Wildman–Crippen LogP) is 2.73. The van der Waals surface area contributed by atoms with Crippen molar-refractivity contribution in [2.75, 3.05) is 6.61 Å². The van der Waals surface area contributed by atoms with Crippen molar-refractivity contribution in [2.45, 2.75) is 51.9 Å². The molecule has 0 atom stereocenters. The number of unbranched alkanes of at least 4 members (excludes halogenated alkanes) is 6. The molecule has 10 heavy (non-hydrogen) atoms. The first kappa shape index (κ1) is 8.06. The van der Waals surface area contributed by atoms with Gasteiger partial charge in [-0.2, -0.15) is 0 Å². The topological polar surface area (TPSA) is 20.2 Å². The number of hydrogen-bond acceptors (Lipinski definition) is 1. The third kappa shape index (κ3) is 7.96. The highest BCUT2D eigenvalue weighted by atomic mass is 16.2. The third-order valence-electron chi connectivity index (χ3n) is 1.75. The van der Waals surface area contributed by atoms with E-state index in [2.05, 4.69) is 12.0 Å². The number of hydrogen-bond donors (Lipinski definition) is 1. The first-order chi connectivity index (χ1) is 5.41. The van der Waals surface area contributed by atoms with Crippen molar-refractivity contribution in [3.8, 4) is 0 Å². The molecule has 62 valence electrons. The van der Waals surface area contributed by atoms with Crippen LogP contribution in [-0.2, 0) is 0 Å². The monoisotopic (exact) mass is 146 g/mol. The lowest BCUT2D eigenvalue weighted by Gasteiger charge is -1.97. The third-order valence-corrected chi connectivity index (χ3v) is 1.75. The molecule has 0 amide bonds. The molecule has 0 bridgehead atoms. The lowest BCUT2D eigenvalue weighted by atomic mass is 10.1. The summed E-state index contributed by atoms with van der Waals surface area (Å²) in [6, 6.07) is 0. The molecule has 0 aliphatic carbocycles. The average Bonchev–Trinajstić information content (AvgIpc) is 2.03. The molecule has 0 aliphatic heterocycles. The second kappa shape index (κ2) is 8.96. The molecule has 0 saturated heterocycles. The van der Waals surface area contributed by atoms with Crippen LogP contribution in [0.1, 0.15) is 51.9 Å². The van der Waals surface area contributed by atoms with Crippen molar-refractivity contribution in [3.05, 3.63) is 0 Å². The van der Waals surface area contributed by atoms with Crippen LogP contribution in [0.5, 0.6) is 0 Å². The van der Waals surface area contributed by atoms with Gasteiger partial charge in [-0.15, -0.1) is 0 Å². The van der Waals surface area contributed by atoms with Crippen molar-refractivity contribution in [1.82, 2.24) is 0 Å². The summed E-state index contributed by atoms with van der Waals surface area (Å²) < 4.78 is 6.45. The van der Waals surface area contributed by atoms with Crippen LogP contribution in [0.25, 0.3) is 0 Å². The van der Waals surface area contributed by atoms with E-state index in [1.54, 1.807) is 0 Å². The summed E-state index contributed by atoms with van der Waals surface area (Å²) in [5, 5.41) is 4.22. The van der Waals surface area contributed by atoms with Gasteiger partial charge in [0.25, 0.3) is 0 Å². The highest BCUT2D eigenvalue weighted by Crippen LogP contribution is 2.05. The number of aliphatic hydroxyl groups excluding tert-OH is 1. The van der Waals surface area contributed by atoms with Gasteiger partial charge in [0.1, 0.15) is 0 Å². The summed E-state index contributed by atoms with van der Waals surface area (Å²) in [7, 11) is 0. The van der Waals surface area contributed by atoms with Crippen LogP contribution in [0.4, 0.5) is 0 Å². The molecule has 0 heterocycles. The highest BCUT2D eigenvalue weighted by Gasteiger charge is 1.88. The molecule has 1 nitrogen and oxygen atoms in total. The van der Waals surface area contributed by atoms with Crippen molar-refractivity contribution in [2.24, 2.45) is 0 Å². The van der Waals surface area contributed by atoms with Crippen LogP contribution in [0, 0.1) is 0 Å². The zero-order valence-electron chi connectivity index (χ0n) is 8.07. The van der Waals surface area contributed by atoms with Crippen molar-refractivity contribution >= 4 is 0 Å². The molecule has 1 N–H and O–H groups in total. The van der Waals surface area contributed by atoms with Gasteiger partial charge >= 0.3 is 0 Å². The minimum absolute atomic E-state index is 0.605. The van der Waals surface area contributed by atoms with Crippen LogP contribution in [0.3, 0.4) is 0 Å². The minimum Gasteiger partial charge on any atom is -0.396 e. The molecule has 0 saturated carbocycles. The SMILES string of the molecule is [3H]OCCCCCCCCC. The second-order valence-corrected chi connectivity index (χ2v) is 2.83. The molecule has 0 rings (SSSR count). The van der Waals surface area contributed by atoms with Gasteiger partial charge in [-0.05, 0) is 6.42 Å². The minimum atomic E-state index is 0.605. The first-order valence-electron chi connectivity index (χ1n) is 4.90. The Labute approximate surface area is 65.9 Å². The largest absolute Gasteiger partial charge is 0.396 e. The van der Waals surface area contributed by atoms with Gasteiger partial charge < -0.3 is 5.11 Å². The lowest BCUT2D eigenvalue weighted by molar-refractivity contribution is 0.282. The molecular formula is C9H20O. The maximum absolute atomic E-state index is 6.45. The molecule has 0 spiro atoms. The van der Waals surface area contributed by atoms with Gasteiger partial charge in [-0.3, -0.25) is 0 Å². The first-order valence-corrected chi connectivity index (χ1v) is 4.50. The van der Waals surface area contributed by atoms with E-state index in [9.17, 15) is 0 Å². The van der Waals surface area contributed by atoms with E-state index in [-0.39, 0.29) is 0 Å². The quantitative estimate of drug-likeness (QED) is 0.522. The zero-order chi connectivity index (χ0) is 8.36. The van der Waals surface area contributed by atoms with Crippen LogP contribution >= 0.6 is 0 Å². The maximum Gasteiger partial charge on any atom is 0.210 e. The average molecular weight is 146 g/mol. The molecular weight excluding hydrogens is 124 g/mol. The lowest BCUT2D eigenvalue weighted by Crippen LogP contribution is -1.83. The summed E-state index contributed by atoms with van der Waals surface area (Å²) in [5.74, 6) is 0. The van der Waals surface area contributed by atoms with E-state index < -0.39 is 0 Å². The van der Waals surface area contributed by atoms with E-state index in [0.717, 1.165) is 6.42 Å². The van der Waals surface area contributed by atoms with Crippen LogP contribution in [0.2, 0.25) is 0 Å². The van der Waals surface area contributed by atoms with Crippen molar-refractivity contribution < 1.29 is 5.11 Å². The normalized spacial score (nSPS) is 11.5. The summed E-state index contributed by atoms with van der Waals surface area (Å²) >= 11 is 0. The maximum atomic E-state index is 6.45. The Morgan fingerprint density at radius 3 is 2.20 bits per heavy atom. The molecule has 0 aromatic rings. The summed E-state index contributed by atoms with van der Waals surface area (Å²) in [4.78, 5) is 0. The van der Waals surface area contributed by atoms with Gasteiger partial charge in [0, 0.05) is 6.61 Å². The Kier molecular flexibility index (Phi) is 7.22. The standard InChI is InChI=1S/C9H20O/c1-2-3-4-5-6-7-8-9-10/h10H,2-9H2,1H3/i10T. The highest BCUT2D eigenvalue weighted by molar-refractivity contribution is 4.43. The Morgan fingerprint density at radius 1 is 1.00 bits per heavy atom. The van der Waals surface area contributed by atoms with Crippen LogP contribution < -0.4 is 0 Å². The Hall–Kier alpha value is -0.0400.